The van der Waals surface area contributed by atoms with Crippen LogP contribution in [0.4, 0.5) is 10.5 Å². The highest BCUT2D eigenvalue weighted by molar-refractivity contribution is 5.94. The Morgan fingerprint density at radius 3 is 2.28 bits per heavy atom. The standard InChI is InChI=1S/C12H16N2O4/c1-13(18-3)11(15)9-14(12(16)17-2)10-7-5-4-6-8-10/h4-8H,9H2,1-3H3. The monoisotopic (exact) mass is 252 g/mol. The first-order valence-corrected chi connectivity index (χ1v) is 5.31. The first kappa shape index (κ1) is 14.0. The lowest BCUT2D eigenvalue weighted by molar-refractivity contribution is -0.166. The summed E-state index contributed by atoms with van der Waals surface area (Å²) in [6.07, 6.45) is -0.598. The van der Waals surface area contributed by atoms with Gasteiger partial charge in [0.15, 0.2) is 0 Å². The van der Waals surface area contributed by atoms with Crippen LogP contribution in [0.15, 0.2) is 30.3 Å². The number of carbonyl (C=O) groups excluding carboxylic acids is 2. The van der Waals surface area contributed by atoms with Gasteiger partial charge in [-0.1, -0.05) is 18.2 Å². The lowest BCUT2D eigenvalue weighted by atomic mass is 10.3. The molecule has 0 spiro atoms. The highest BCUT2D eigenvalue weighted by atomic mass is 16.7. The summed E-state index contributed by atoms with van der Waals surface area (Å²) in [5.41, 5.74) is 0.585. The van der Waals surface area contributed by atoms with Gasteiger partial charge in [-0.05, 0) is 12.1 Å². The summed E-state index contributed by atoms with van der Waals surface area (Å²) in [5.74, 6) is -0.355. The van der Waals surface area contributed by atoms with E-state index in [2.05, 4.69) is 4.74 Å². The van der Waals surface area contributed by atoms with Crippen LogP contribution in [0.25, 0.3) is 0 Å². The second-order valence-corrected chi connectivity index (χ2v) is 3.47. The third-order valence-corrected chi connectivity index (χ3v) is 2.38. The fourth-order valence-corrected chi connectivity index (χ4v) is 1.32. The highest BCUT2D eigenvalue weighted by Gasteiger charge is 2.21. The molecule has 0 atom stereocenters. The largest absolute Gasteiger partial charge is 0.452 e. The Hall–Kier alpha value is -2.08. The van der Waals surface area contributed by atoms with E-state index >= 15 is 0 Å². The van der Waals surface area contributed by atoms with Crippen molar-refractivity contribution in [3.8, 4) is 0 Å². The predicted molar refractivity (Wildman–Crippen MR) is 66.0 cm³/mol. The number of likely N-dealkylation sites (N-methyl/N-ethyl adjacent to an activating group) is 1. The molecular formula is C12H16N2O4. The maximum atomic E-state index is 11.7. The molecule has 0 radical (unpaired) electrons. The van der Waals surface area contributed by atoms with Gasteiger partial charge >= 0.3 is 6.09 Å². The molecule has 6 nitrogen and oxygen atoms in total. The highest BCUT2D eigenvalue weighted by Crippen LogP contribution is 2.14. The van der Waals surface area contributed by atoms with E-state index in [1.54, 1.807) is 24.3 Å². The van der Waals surface area contributed by atoms with Crippen molar-refractivity contribution >= 4 is 17.7 Å². The quantitative estimate of drug-likeness (QED) is 0.757. The third-order valence-electron chi connectivity index (χ3n) is 2.38. The molecule has 0 heterocycles. The Kier molecular flexibility index (Phi) is 5.13. The van der Waals surface area contributed by atoms with Crippen molar-refractivity contribution in [1.29, 1.82) is 0 Å². The minimum absolute atomic E-state index is 0.152. The fourth-order valence-electron chi connectivity index (χ4n) is 1.32. The molecule has 0 aliphatic carbocycles. The summed E-state index contributed by atoms with van der Waals surface area (Å²) in [6, 6.07) is 8.81. The molecule has 2 amide bonds. The minimum Gasteiger partial charge on any atom is -0.452 e. The molecular weight excluding hydrogens is 236 g/mol. The number of para-hydroxylation sites is 1. The molecule has 1 aromatic rings. The van der Waals surface area contributed by atoms with Crippen LogP contribution in [0.1, 0.15) is 0 Å². The summed E-state index contributed by atoms with van der Waals surface area (Å²) >= 11 is 0. The number of hydroxylamine groups is 2. The molecule has 1 aromatic carbocycles. The third kappa shape index (κ3) is 3.46. The topological polar surface area (TPSA) is 59.1 Å². The van der Waals surface area contributed by atoms with Crippen molar-refractivity contribution in [3.63, 3.8) is 0 Å². The molecule has 1 rings (SSSR count). The van der Waals surface area contributed by atoms with E-state index in [1.807, 2.05) is 6.07 Å². The molecule has 18 heavy (non-hydrogen) atoms. The minimum atomic E-state index is -0.598. The molecule has 0 saturated carbocycles. The summed E-state index contributed by atoms with van der Waals surface area (Å²) in [4.78, 5) is 29.4. The Labute approximate surface area is 106 Å². The van der Waals surface area contributed by atoms with Crippen LogP contribution < -0.4 is 4.90 Å². The summed E-state index contributed by atoms with van der Waals surface area (Å²) in [7, 11) is 4.12. The van der Waals surface area contributed by atoms with E-state index in [1.165, 1.54) is 26.2 Å². The van der Waals surface area contributed by atoms with Crippen LogP contribution in [0.5, 0.6) is 0 Å². The van der Waals surface area contributed by atoms with Crippen molar-refractivity contribution in [2.45, 2.75) is 0 Å². The van der Waals surface area contributed by atoms with Gasteiger partial charge in [-0.3, -0.25) is 14.5 Å². The zero-order valence-electron chi connectivity index (χ0n) is 10.6. The zero-order chi connectivity index (χ0) is 13.5. The Morgan fingerprint density at radius 1 is 1.17 bits per heavy atom. The average molecular weight is 252 g/mol. The number of ether oxygens (including phenoxy) is 1. The van der Waals surface area contributed by atoms with E-state index < -0.39 is 6.09 Å². The maximum Gasteiger partial charge on any atom is 0.414 e. The molecule has 0 fully saturated rings. The smallest absolute Gasteiger partial charge is 0.414 e. The number of carbonyl (C=O) groups is 2. The molecule has 98 valence electrons. The van der Waals surface area contributed by atoms with Crippen molar-refractivity contribution in [2.24, 2.45) is 0 Å². The van der Waals surface area contributed by atoms with E-state index in [9.17, 15) is 9.59 Å². The summed E-state index contributed by atoms with van der Waals surface area (Å²) in [6.45, 7) is -0.152. The average Bonchev–Trinajstić information content (AvgIpc) is 2.43. The van der Waals surface area contributed by atoms with Crippen LogP contribution in [-0.2, 0) is 14.4 Å². The number of rotatable bonds is 4. The lowest BCUT2D eigenvalue weighted by Gasteiger charge is -2.23. The van der Waals surface area contributed by atoms with Gasteiger partial charge in [0.1, 0.15) is 6.54 Å². The van der Waals surface area contributed by atoms with Gasteiger partial charge < -0.3 is 4.74 Å². The molecule has 0 unspecified atom stereocenters. The molecule has 6 heteroatoms. The molecule has 0 saturated heterocycles. The van der Waals surface area contributed by atoms with Gasteiger partial charge in [0.2, 0.25) is 0 Å². The normalized spacial score (nSPS) is 9.72. The molecule has 0 aromatic heterocycles. The fraction of sp³-hybridized carbons (Fsp3) is 0.333. The number of amides is 2. The Balaban J connectivity index is 2.87. The van der Waals surface area contributed by atoms with Gasteiger partial charge in [-0.2, -0.15) is 0 Å². The first-order valence-electron chi connectivity index (χ1n) is 5.31. The van der Waals surface area contributed by atoms with Gasteiger partial charge in [-0.25, -0.2) is 9.86 Å². The predicted octanol–water partition coefficient (Wildman–Crippen LogP) is 1.28. The summed E-state index contributed by atoms with van der Waals surface area (Å²) < 4.78 is 4.66. The summed E-state index contributed by atoms with van der Waals surface area (Å²) in [5, 5.41) is 1.05. The Morgan fingerprint density at radius 2 is 1.78 bits per heavy atom. The maximum absolute atomic E-state index is 11.7. The van der Waals surface area contributed by atoms with Gasteiger partial charge in [-0.15, -0.1) is 0 Å². The molecule has 0 aliphatic rings. The number of hydrogen-bond acceptors (Lipinski definition) is 4. The van der Waals surface area contributed by atoms with Crippen LogP contribution >= 0.6 is 0 Å². The molecule has 0 N–H and O–H groups in total. The van der Waals surface area contributed by atoms with E-state index in [0.717, 1.165) is 5.06 Å². The van der Waals surface area contributed by atoms with Crippen molar-refractivity contribution < 1.29 is 19.2 Å². The second kappa shape index (κ2) is 6.61. The molecule has 0 bridgehead atoms. The SMILES string of the molecule is COC(=O)N(CC(=O)N(C)OC)c1ccccc1. The second-order valence-electron chi connectivity index (χ2n) is 3.47. The van der Waals surface area contributed by atoms with Crippen LogP contribution in [0.3, 0.4) is 0 Å². The van der Waals surface area contributed by atoms with Crippen LogP contribution in [-0.4, -0.2) is 44.9 Å². The van der Waals surface area contributed by atoms with Gasteiger partial charge in [0.25, 0.3) is 5.91 Å². The van der Waals surface area contributed by atoms with E-state index in [0.29, 0.717) is 5.69 Å². The first-order chi connectivity index (χ1) is 8.60. The molecule has 0 aliphatic heterocycles. The number of hydrogen-bond donors (Lipinski definition) is 0. The van der Waals surface area contributed by atoms with E-state index in [4.69, 9.17) is 4.84 Å². The Bertz CT molecular complexity index is 408. The van der Waals surface area contributed by atoms with Crippen molar-refractivity contribution in [2.75, 3.05) is 32.7 Å². The van der Waals surface area contributed by atoms with E-state index in [-0.39, 0.29) is 12.5 Å². The number of methoxy groups -OCH3 is 1. The van der Waals surface area contributed by atoms with Gasteiger partial charge in [0.05, 0.1) is 14.2 Å². The number of nitrogens with zero attached hydrogens (tertiary/aromatic N) is 2. The van der Waals surface area contributed by atoms with Crippen LogP contribution in [0, 0.1) is 0 Å². The van der Waals surface area contributed by atoms with Crippen LogP contribution in [0.2, 0.25) is 0 Å². The number of benzene rings is 1. The van der Waals surface area contributed by atoms with Gasteiger partial charge in [0, 0.05) is 12.7 Å². The number of anilines is 1. The van der Waals surface area contributed by atoms with Crippen molar-refractivity contribution in [1.82, 2.24) is 5.06 Å². The lowest BCUT2D eigenvalue weighted by Crippen LogP contribution is -2.41. The zero-order valence-corrected chi connectivity index (χ0v) is 10.6. The van der Waals surface area contributed by atoms with Crippen molar-refractivity contribution in [3.05, 3.63) is 30.3 Å².